The molecule has 0 spiro atoms. The second-order valence-electron chi connectivity index (χ2n) is 5.78. The van der Waals surface area contributed by atoms with Gasteiger partial charge in [-0.15, -0.1) is 0 Å². The van der Waals surface area contributed by atoms with Crippen LogP contribution in [0.25, 0.3) is 5.76 Å². The van der Waals surface area contributed by atoms with Crippen molar-refractivity contribution in [3.05, 3.63) is 53.2 Å². The van der Waals surface area contributed by atoms with Crippen LogP contribution in [0, 0.1) is 0 Å². The normalized spacial score (nSPS) is 13.5. The van der Waals surface area contributed by atoms with E-state index in [-0.39, 0.29) is 0 Å². The average Bonchev–Trinajstić information content (AvgIpc) is 2.38. The van der Waals surface area contributed by atoms with Crippen LogP contribution < -0.4 is 0 Å². The van der Waals surface area contributed by atoms with E-state index in [4.69, 9.17) is 4.74 Å². The molecule has 0 saturated heterocycles. The molecule has 0 aliphatic carbocycles. The maximum atomic E-state index is 5.58. The summed E-state index contributed by atoms with van der Waals surface area (Å²) in [4.78, 5) is 0. The van der Waals surface area contributed by atoms with Crippen LogP contribution >= 0.6 is 0 Å². The number of methoxy groups -OCH3 is 1. The van der Waals surface area contributed by atoms with Gasteiger partial charge in [-0.2, -0.15) is 0 Å². The lowest BCUT2D eigenvalue weighted by molar-refractivity contribution is 0.370. The molecule has 0 N–H and O–H groups in total. The molecule has 104 valence electrons. The fourth-order valence-corrected chi connectivity index (χ4v) is 3.21. The second-order valence-corrected chi connectivity index (χ2v) is 10.9. The number of hydrogen-bond acceptors (Lipinski definition) is 1. The molecule has 0 aliphatic rings. The number of ether oxygens (including phenoxy) is 1. The Bertz CT molecular complexity index is 438. The molecule has 2 heteroatoms. The smallest absolute Gasteiger partial charge is 0.125 e. The minimum atomic E-state index is -1.33. The third kappa shape index (κ3) is 5.07. The third-order valence-corrected chi connectivity index (χ3v) is 5.16. The Morgan fingerprint density at radius 3 is 2.26 bits per heavy atom. The van der Waals surface area contributed by atoms with Gasteiger partial charge in [0.2, 0.25) is 0 Å². The van der Waals surface area contributed by atoms with Crippen molar-refractivity contribution in [2.24, 2.45) is 0 Å². The summed E-state index contributed by atoms with van der Waals surface area (Å²) in [5.41, 5.74) is 1.14. The predicted octanol–water partition coefficient (Wildman–Crippen LogP) is 5.28. The molecule has 0 aromatic heterocycles. The van der Waals surface area contributed by atoms with Crippen molar-refractivity contribution in [3.8, 4) is 0 Å². The van der Waals surface area contributed by atoms with E-state index in [1.54, 1.807) is 7.11 Å². The zero-order chi connectivity index (χ0) is 14.3. The van der Waals surface area contributed by atoms with E-state index in [1.807, 2.05) is 18.2 Å². The average molecular weight is 274 g/mol. The molecular weight excluding hydrogens is 248 g/mol. The van der Waals surface area contributed by atoms with Crippen molar-refractivity contribution < 1.29 is 4.74 Å². The number of allylic oxidation sites excluding steroid dienone is 3. The fourth-order valence-electron chi connectivity index (χ4n) is 1.89. The van der Waals surface area contributed by atoms with Gasteiger partial charge in [-0.3, -0.25) is 0 Å². The fraction of sp³-hybridized carbons (Fsp3) is 0.412. The van der Waals surface area contributed by atoms with Gasteiger partial charge in [-0.1, -0.05) is 74.6 Å². The van der Waals surface area contributed by atoms with E-state index < -0.39 is 8.07 Å². The van der Waals surface area contributed by atoms with Crippen LogP contribution in [0.1, 0.15) is 25.3 Å². The van der Waals surface area contributed by atoms with E-state index in [0.29, 0.717) is 0 Å². The Hall–Kier alpha value is -1.28. The molecule has 1 rings (SSSR count). The monoisotopic (exact) mass is 274 g/mol. The summed E-state index contributed by atoms with van der Waals surface area (Å²) in [6.07, 6.45) is 6.95. The number of hydrogen-bond donors (Lipinski definition) is 0. The van der Waals surface area contributed by atoms with Crippen LogP contribution in [0.15, 0.2) is 47.7 Å². The summed E-state index contributed by atoms with van der Waals surface area (Å²) in [6.45, 7) is 9.35. The molecule has 1 aromatic carbocycles. The third-order valence-electron chi connectivity index (χ3n) is 3.08. The molecule has 19 heavy (non-hydrogen) atoms. The van der Waals surface area contributed by atoms with E-state index in [9.17, 15) is 0 Å². The zero-order valence-corrected chi connectivity index (χ0v) is 13.9. The zero-order valence-electron chi connectivity index (χ0n) is 12.9. The standard InChI is InChI=1S/C17H26OSi/c1-6-7-13-16(19(3,4)5)14-17(18-2)15-11-9-8-10-12-15/h8-14H,6-7H2,1-5H3/b16-13+,17-14+. The summed E-state index contributed by atoms with van der Waals surface area (Å²) in [7, 11) is 0.419. The van der Waals surface area contributed by atoms with Gasteiger partial charge in [0.15, 0.2) is 0 Å². The molecule has 0 bridgehead atoms. The van der Waals surface area contributed by atoms with E-state index in [0.717, 1.165) is 17.7 Å². The van der Waals surface area contributed by atoms with Gasteiger partial charge in [0, 0.05) is 5.56 Å². The maximum Gasteiger partial charge on any atom is 0.125 e. The molecule has 0 saturated carbocycles. The Balaban J connectivity index is 3.12. The first-order valence-corrected chi connectivity index (χ1v) is 10.5. The van der Waals surface area contributed by atoms with Crippen LogP contribution in [0.2, 0.25) is 19.6 Å². The molecule has 0 heterocycles. The highest BCUT2D eigenvalue weighted by molar-refractivity contribution is 6.83. The summed E-state index contributed by atoms with van der Waals surface area (Å²) >= 11 is 0. The van der Waals surface area contributed by atoms with Crippen LogP contribution in [0.3, 0.4) is 0 Å². The molecule has 0 aliphatic heterocycles. The van der Waals surface area contributed by atoms with Crippen molar-refractivity contribution in [3.63, 3.8) is 0 Å². The number of unbranched alkanes of at least 4 members (excludes halogenated alkanes) is 1. The van der Waals surface area contributed by atoms with E-state index in [2.05, 4.69) is 50.8 Å². The van der Waals surface area contributed by atoms with E-state index >= 15 is 0 Å². The van der Waals surface area contributed by atoms with Gasteiger partial charge in [-0.25, -0.2) is 0 Å². The Labute approximate surface area is 119 Å². The van der Waals surface area contributed by atoms with Gasteiger partial charge < -0.3 is 4.74 Å². The predicted molar refractivity (Wildman–Crippen MR) is 87.8 cm³/mol. The van der Waals surface area contributed by atoms with Crippen LogP contribution in [-0.4, -0.2) is 15.2 Å². The van der Waals surface area contributed by atoms with Gasteiger partial charge >= 0.3 is 0 Å². The maximum absolute atomic E-state index is 5.58. The minimum Gasteiger partial charge on any atom is -0.496 e. The molecule has 1 nitrogen and oxygen atoms in total. The molecule has 0 fully saturated rings. The first kappa shape index (κ1) is 15.8. The lowest BCUT2D eigenvalue weighted by Gasteiger charge is -2.19. The molecule has 0 unspecified atom stereocenters. The largest absolute Gasteiger partial charge is 0.496 e. The Morgan fingerprint density at radius 1 is 1.16 bits per heavy atom. The lowest BCUT2D eigenvalue weighted by atomic mass is 10.1. The van der Waals surface area contributed by atoms with Crippen molar-refractivity contribution in [2.75, 3.05) is 7.11 Å². The van der Waals surface area contributed by atoms with E-state index in [1.165, 1.54) is 11.6 Å². The van der Waals surface area contributed by atoms with Gasteiger partial charge in [0.05, 0.1) is 15.2 Å². The second kappa shape index (κ2) is 7.34. The van der Waals surface area contributed by atoms with Crippen LogP contribution in [-0.2, 0) is 4.74 Å². The summed E-state index contributed by atoms with van der Waals surface area (Å²) < 4.78 is 5.58. The summed E-state index contributed by atoms with van der Waals surface area (Å²) in [5, 5.41) is 1.47. The topological polar surface area (TPSA) is 9.23 Å². The van der Waals surface area contributed by atoms with Crippen molar-refractivity contribution in [2.45, 2.75) is 39.4 Å². The molecule has 0 atom stereocenters. The van der Waals surface area contributed by atoms with Crippen LogP contribution in [0.4, 0.5) is 0 Å². The molecular formula is C17H26OSi. The first-order valence-electron chi connectivity index (χ1n) is 7.00. The van der Waals surface area contributed by atoms with Gasteiger partial charge in [0.25, 0.3) is 0 Å². The number of rotatable bonds is 6. The van der Waals surface area contributed by atoms with Crippen molar-refractivity contribution >= 4 is 13.8 Å². The Morgan fingerprint density at radius 2 is 1.79 bits per heavy atom. The first-order chi connectivity index (χ1) is 8.99. The molecule has 1 aromatic rings. The molecule has 0 amide bonds. The van der Waals surface area contributed by atoms with Crippen molar-refractivity contribution in [1.82, 2.24) is 0 Å². The molecule has 0 radical (unpaired) electrons. The summed E-state index contributed by atoms with van der Waals surface area (Å²) in [5.74, 6) is 0.963. The van der Waals surface area contributed by atoms with Crippen molar-refractivity contribution in [1.29, 1.82) is 0 Å². The minimum absolute atomic E-state index is 0.963. The quantitative estimate of drug-likeness (QED) is 0.390. The highest BCUT2D eigenvalue weighted by atomic mass is 28.3. The SMILES string of the molecule is CCC/C=C(\C=C(\OC)c1ccccc1)[Si](C)(C)C. The summed E-state index contributed by atoms with van der Waals surface area (Å²) in [6, 6.07) is 10.3. The highest BCUT2D eigenvalue weighted by Crippen LogP contribution is 2.23. The highest BCUT2D eigenvalue weighted by Gasteiger charge is 2.18. The van der Waals surface area contributed by atoms with Gasteiger partial charge in [-0.05, 0) is 12.5 Å². The van der Waals surface area contributed by atoms with Crippen LogP contribution in [0.5, 0.6) is 0 Å². The lowest BCUT2D eigenvalue weighted by Crippen LogP contribution is -2.23. The Kier molecular flexibility index (Phi) is 6.09. The van der Waals surface area contributed by atoms with Gasteiger partial charge in [0.1, 0.15) is 5.76 Å². The number of benzene rings is 1.